The summed E-state index contributed by atoms with van der Waals surface area (Å²) in [7, 11) is 0. The third-order valence-electron chi connectivity index (χ3n) is 3.05. The molecule has 1 aliphatic rings. The van der Waals surface area contributed by atoms with Crippen molar-refractivity contribution < 1.29 is 4.79 Å². The number of hydrogen-bond acceptors (Lipinski definition) is 2. The zero-order valence-electron chi connectivity index (χ0n) is 10.2. The van der Waals surface area contributed by atoms with Gasteiger partial charge in [0.15, 0.2) is 0 Å². The Bertz CT molecular complexity index is 386. The molecule has 1 fully saturated rings. The minimum Gasteiger partial charge on any atom is -0.325 e. The average Bonchev–Trinajstić information content (AvgIpc) is 2.79. The Morgan fingerprint density at radius 1 is 1.41 bits per heavy atom. The molecular weight excluding hydrogens is 230 g/mol. The second-order valence-corrected chi connectivity index (χ2v) is 5.92. The minimum absolute atomic E-state index is 0.118. The van der Waals surface area contributed by atoms with E-state index in [1.807, 2.05) is 31.2 Å². The van der Waals surface area contributed by atoms with Crippen molar-refractivity contribution in [2.45, 2.75) is 37.9 Å². The molecule has 0 radical (unpaired) electrons. The Morgan fingerprint density at radius 2 is 2.18 bits per heavy atom. The van der Waals surface area contributed by atoms with Crippen LogP contribution >= 0.6 is 11.8 Å². The van der Waals surface area contributed by atoms with Gasteiger partial charge in [0, 0.05) is 10.9 Å². The Hall–Kier alpha value is -0.960. The van der Waals surface area contributed by atoms with Gasteiger partial charge in [0.1, 0.15) is 0 Å². The van der Waals surface area contributed by atoms with Gasteiger partial charge in [-0.05, 0) is 37.5 Å². The highest BCUT2D eigenvalue weighted by molar-refractivity contribution is 8.00. The molecule has 2 rings (SSSR count). The van der Waals surface area contributed by atoms with Gasteiger partial charge in [-0.2, -0.15) is 0 Å². The molecule has 0 bridgehead atoms. The zero-order valence-corrected chi connectivity index (χ0v) is 11.1. The first-order valence-corrected chi connectivity index (χ1v) is 7.27. The van der Waals surface area contributed by atoms with Crippen LogP contribution in [0.5, 0.6) is 0 Å². The first-order valence-electron chi connectivity index (χ1n) is 6.22. The molecule has 1 N–H and O–H groups in total. The third-order valence-corrected chi connectivity index (χ3v) is 4.43. The molecule has 0 atom stereocenters. The number of hydrogen-bond donors (Lipinski definition) is 1. The normalized spacial score (nSPS) is 16.1. The highest BCUT2D eigenvalue weighted by atomic mass is 32.2. The van der Waals surface area contributed by atoms with E-state index >= 15 is 0 Å². The first kappa shape index (κ1) is 12.5. The average molecular weight is 249 g/mol. The van der Waals surface area contributed by atoms with Crippen molar-refractivity contribution in [2.24, 2.45) is 0 Å². The summed E-state index contributed by atoms with van der Waals surface area (Å²) >= 11 is 1.80. The fourth-order valence-corrected chi connectivity index (χ4v) is 3.29. The molecule has 1 aromatic rings. The monoisotopic (exact) mass is 249 g/mol. The van der Waals surface area contributed by atoms with Gasteiger partial charge in [-0.15, -0.1) is 11.8 Å². The molecule has 0 heterocycles. The van der Waals surface area contributed by atoms with Gasteiger partial charge in [0.2, 0.25) is 5.91 Å². The van der Waals surface area contributed by atoms with Crippen molar-refractivity contribution in [3.8, 4) is 0 Å². The van der Waals surface area contributed by atoms with Gasteiger partial charge in [-0.25, -0.2) is 0 Å². The van der Waals surface area contributed by atoms with E-state index in [-0.39, 0.29) is 5.91 Å². The summed E-state index contributed by atoms with van der Waals surface area (Å²) in [5, 5.41) is 3.65. The maximum atomic E-state index is 11.7. The molecule has 2 nitrogen and oxygen atoms in total. The lowest BCUT2D eigenvalue weighted by molar-refractivity contribution is -0.113. The van der Waals surface area contributed by atoms with Crippen LogP contribution in [0.2, 0.25) is 0 Å². The van der Waals surface area contributed by atoms with E-state index in [2.05, 4.69) is 5.32 Å². The SMILES string of the molecule is Cc1cccc(NC(=O)CSC2CCCC2)c1. The number of aryl methyl sites for hydroxylation is 1. The van der Waals surface area contributed by atoms with Gasteiger partial charge in [0.25, 0.3) is 0 Å². The Labute approximate surface area is 107 Å². The molecule has 1 aliphatic carbocycles. The van der Waals surface area contributed by atoms with Gasteiger partial charge in [-0.3, -0.25) is 4.79 Å². The number of carbonyl (C=O) groups excluding carboxylic acids is 1. The Morgan fingerprint density at radius 3 is 2.88 bits per heavy atom. The fraction of sp³-hybridized carbons (Fsp3) is 0.500. The summed E-state index contributed by atoms with van der Waals surface area (Å²) in [5.41, 5.74) is 2.08. The summed E-state index contributed by atoms with van der Waals surface area (Å²) in [6.07, 6.45) is 5.22. The standard InChI is InChI=1S/C14H19NOS/c1-11-5-4-6-12(9-11)15-14(16)10-17-13-7-2-3-8-13/h4-6,9,13H,2-3,7-8,10H2,1H3,(H,15,16). The second-order valence-electron chi connectivity index (χ2n) is 4.64. The van der Waals surface area contributed by atoms with Crippen molar-refractivity contribution in [1.29, 1.82) is 0 Å². The van der Waals surface area contributed by atoms with Crippen molar-refractivity contribution in [3.63, 3.8) is 0 Å². The summed E-state index contributed by atoms with van der Waals surface area (Å²) in [5.74, 6) is 0.700. The van der Waals surface area contributed by atoms with Crippen molar-refractivity contribution in [1.82, 2.24) is 0 Å². The topological polar surface area (TPSA) is 29.1 Å². The number of benzene rings is 1. The van der Waals surface area contributed by atoms with Crippen LogP contribution < -0.4 is 5.32 Å². The van der Waals surface area contributed by atoms with Gasteiger partial charge < -0.3 is 5.32 Å². The number of amides is 1. The first-order chi connectivity index (χ1) is 8.24. The Balaban J connectivity index is 1.76. The highest BCUT2D eigenvalue weighted by Gasteiger charge is 2.16. The van der Waals surface area contributed by atoms with Crippen LogP contribution in [-0.2, 0) is 4.79 Å². The summed E-state index contributed by atoms with van der Waals surface area (Å²) < 4.78 is 0. The molecule has 1 amide bonds. The van der Waals surface area contributed by atoms with Crippen LogP contribution in [0.25, 0.3) is 0 Å². The minimum atomic E-state index is 0.118. The molecule has 0 aromatic heterocycles. The van der Waals surface area contributed by atoms with Gasteiger partial charge in [-0.1, -0.05) is 25.0 Å². The summed E-state index contributed by atoms with van der Waals surface area (Å²) in [6, 6.07) is 7.93. The van der Waals surface area contributed by atoms with Crippen LogP contribution in [0.4, 0.5) is 5.69 Å². The maximum Gasteiger partial charge on any atom is 0.234 e. The third kappa shape index (κ3) is 4.08. The van der Waals surface area contributed by atoms with E-state index in [9.17, 15) is 4.79 Å². The molecular formula is C14H19NOS. The molecule has 3 heteroatoms. The lowest BCUT2D eigenvalue weighted by Gasteiger charge is -2.09. The van der Waals surface area contributed by atoms with E-state index in [1.54, 1.807) is 11.8 Å². The predicted octanol–water partition coefficient (Wildman–Crippen LogP) is 3.61. The molecule has 0 spiro atoms. The lowest BCUT2D eigenvalue weighted by atomic mass is 10.2. The number of anilines is 1. The largest absolute Gasteiger partial charge is 0.325 e. The zero-order chi connectivity index (χ0) is 12.1. The number of thioether (sulfide) groups is 1. The highest BCUT2D eigenvalue weighted by Crippen LogP contribution is 2.29. The number of nitrogens with one attached hydrogen (secondary N) is 1. The maximum absolute atomic E-state index is 11.7. The summed E-state index contributed by atoms with van der Waals surface area (Å²) in [4.78, 5) is 11.7. The van der Waals surface area contributed by atoms with Gasteiger partial charge >= 0.3 is 0 Å². The molecule has 0 unspecified atom stereocenters. The van der Waals surface area contributed by atoms with E-state index in [0.29, 0.717) is 11.0 Å². The van der Waals surface area contributed by atoms with Crippen molar-refractivity contribution in [2.75, 3.05) is 11.1 Å². The Kier molecular flexibility index (Phi) is 4.49. The molecule has 0 saturated heterocycles. The van der Waals surface area contributed by atoms with Crippen molar-refractivity contribution in [3.05, 3.63) is 29.8 Å². The number of carbonyl (C=O) groups is 1. The smallest absolute Gasteiger partial charge is 0.234 e. The van der Waals surface area contributed by atoms with E-state index < -0.39 is 0 Å². The van der Waals surface area contributed by atoms with Crippen LogP contribution in [0, 0.1) is 6.92 Å². The molecule has 0 aliphatic heterocycles. The van der Waals surface area contributed by atoms with Crippen LogP contribution in [0.3, 0.4) is 0 Å². The quantitative estimate of drug-likeness (QED) is 0.883. The number of rotatable bonds is 4. The molecule has 17 heavy (non-hydrogen) atoms. The molecule has 1 saturated carbocycles. The van der Waals surface area contributed by atoms with Crippen LogP contribution in [-0.4, -0.2) is 16.9 Å². The lowest BCUT2D eigenvalue weighted by Crippen LogP contribution is -2.15. The van der Waals surface area contributed by atoms with E-state index in [0.717, 1.165) is 5.69 Å². The van der Waals surface area contributed by atoms with E-state index in [1.165, 1.54) is 31.2 Å². The molecule has 1 aromatic carbocycles. The van der Waals surface area contributed by atoms with Crippen LogP contribution in [0.1, 0.15) is 31.2 Å². The van der Waals surface area contributed by atoms with Crippen LogP contribution in [0.15, 0.2) is 24.3 Å². The predicted molar refractivity (Wildman–Crippen MR) is 74.5 cm³/mol. The second kappa shape index (κ2) is 6.10. The van der Waals surface area contributed by atoms with Crippen molar-refractivity contribution >= 4 is 23.4 Å². The molecule has 92 valence electrons. The fourth-order valence-electron chi connectivity index (χ4n) is 2.17. The summed E-state index contributed by atoms with van der Waals surface area (Å²) in [6.45, 7) is 2.03. The van der Waals surface area contributed by atoms with Gasteiger partial charge in [0.05, 0.1) is 5.75 Å². The van der Waals surface area contributed by atoms with E-state index in [4.69, 9.17) is 0 Å².